The van der Waals surface area contributed by atoms with Crippen molar-refractivity contribution in [3.63, 3.8) is 0 Å². The number of hydrogen-bond acceptors (Lipinski definition) is 7. The van der Waals surface area contributed by atoms with Crippen LogP contribution in [0.1, 0.15) is 77.1 Å². The van der Waals surface area contributed by atoms with Crippen LogP contribution in [0.25, 0.3) is 0 Å². The lowest BCUT2D eigenvalue weighted by molar-refractivity contribution is -0.155. The number of benzene rings is 2. The Labute approximate surface area is 308 Å². The van der Waals surface area contributed by atoms with Gasteiger partial charge in [-0.25, -0.2) is 0 Å². The van der Waals surface area contributed by atoms with Gasteiger partial charge in [0.2, 0.25) is 17.7 Å². The second-order valence-electron chi connectivity index (χ2n) is 15.8. The fourth-order valence-electron chi connectivity index (χ4n) is 8.70. The fraction of sp³-hybridized carbons (Fsp3) is 0.500. The van der Waals surface area contributed by atoms with Gasteiger partial charge in [0.15, 0.2) is 0 Å². The number of rotatable bonds is 6. The lowest BCUT2D eigenvalue weighted by atomic mass is 9.73. The van der Waals surface area contributed by atoms with Crippen LogP contribution in [0.4, 0.5) is 0 Å². The van der Waals surface area contributed by atoms with Crippen LogP contribution in [0.2, 0.25) is 0 Å². The second kappa shape index (κ2) is 14.3. The number of allylic oxidation sites excluding steroid dienone is 1. The first kappa shape index (κ1) is 37.0. The fourth-order valence-corrected chi connectivity index (χ4v) is 9.43. The number of cyclic esters (lactones) is 1. The molecule has 6 rings (SSSR count). The van der Waals surface area contributed by atoms with Crippen molar-refractivity contribution in [2.45, 2.75) is 89.3 Å². The Bertz CT molecular complexity index is 1710. The lowest BCUT2D eigenvalue weighted by Gasteiger charge is -2.46. The summed E-state index contributed by atoms with van der Waals surface area (Å²) in [6.07, 6.45) is 5.88. The van der Waals surface area contributed by atoms with Crippen molar-refractivity contribution in [1.82, 2.24) is 15.1 Å². The third-order valence-corrected chi connectivity index (χ3v) is 11.1. The summed E-state index contributed by atoms with van der Waals surface area (Å²) in [5, 5.41) is 14.0. The zero-order chi connectivity index (χ0) is 36.7. The summed E-state index contributed by atoms with van der Waals surface area (Å²) in [6, 6.07) is 15.6. The standard InChI is InChI=1S/C40H48BrN3O7/c1-38(2,3)24-39(4,5)43-20-14-8-13-19-30(46)50-23-28(25-15-9-6-10-16-25)42-35(47)31-32-36(48)44(29(22-45)26-17-11-7-12-18-26)34(37(43)49)40(32)21-27(41)33(31)51-40/h6-12,14-18,21,28-29,31-34,45H,13,19-20,22-24H2,1-5H3,(H,42,47)/b14-8-/t28-,29+,31-,32+,33-,34-,40+/m0/s1. The summed E-state index contributed by atoms with van der Waals surface area (Å²) in [4.78, 5) is 61.1. The number of aliphatic hydroxyl groups is 1. The van der Waals surface area contributed by atoms with Crippen molar-refractivity contribution in [3.05, 3.63) is 94.5 Å². The van der Waals surface area contributed by atoms with E-state index in [1.54, 1.807) is 11.0 Å². The number of ether oxygens (including phenoxy) is 2. The van der Waals surface area contributed by atoms with E-state index in [9.17, 15) is 14.7 Å². The van der Waals surface area contributed by atoms with Gasteiger partial charge in [-0.2, -0.15) is 0 Å². The number of carbonyl (C=O) groups is 4. The van der Waals surface area contributed by atoms with Crippen LogP contribution in [0, 0.1) is 17.3 Å². The third-order valence-electron chi connectivity index (χ3n) is 10.5. The number of amides is 3. The van der Waals surface area contributed by atoms with E-state index in [0.29, 0.717) is 22.9 Å². The summed E-state index contributed by atoms with van der Waals surface area (Å²) < 4.78 is 13.0. The van der Waals surface area contributed by atoms with Crippen LogP contribution in [-0.4, -0.2) is 81.6 Å². The summed E-state index contributed by atoms with van der Waals surface area (Å²) in [6.45, 7) is 10.0. The quantitative estimate of drug-likeness (QED) is 0.299. The molecular formula is C40H48BrN3O7. The molecule has 11 heteroatoms. The van der Waals surface area contributed by atoms with E-state index in [1.807, 2.05) is 86.7 Å². The van der Waals surface area contributed by atoms with Gasteiger partial charge in [-0.1, -0.05) is 110 Å². The van der Waals surface area contributed by atoms with Gasteiger partial charge in [0.25, 0.3) is 0 Å². The van der Waals surface area contributed by atoms with Crippen LogP contribution < -0.4 is 5.32 Å². The molecule has 2 N–H and O–H groups in total. The summed E-state index contributed by atoms with van der Waals surface area (Å²) >= 11 is 3.65. The number of aliphatic hydroxyl groups excluding tert-OH is 1. The molecule has 10 nitrogen and oxygen atoms in total. The molecule has 2 aromatic carbocycles. The molecule has 0 aromatic heterocycles. The molecule has 7 atom stereocenters. The van der Waals surface area contributed by atoms with E-state index < -0.39 is 71.6 Å². The number of carbonyl (C=O) groups excluding carboxylic acids is 4. The highest BCUT2D eigenvalue weighted by atomic mass is 79.9. The highest BCUT2D eigenvalue weighted by molar-refractivity contribution is 9.11. The average molecular weight is 763 g/mol. The first-order chi connectivity index (χ1) is 24.2. The summed E-state index contributed by atoms with van der Waals surface area (Å²) in [5.41, 5.74) is -0.945. The Morgan fingerprint density at radius 1 is 0.961 bits per heavy atom. The number of halogens is 1. The predicted octanol–water partition coefficient (Wildman–Crippen LogP) is 5.39. The van der Waals surface area contributed by atoms with Gasteiger partial charge in [-0.15, -0.1) is 0 Å². The van der Waals surface area contributed by atoms with Gasteiger partial charge >= 0.3 is 5.97 Å². The summed E-state index contributed by atoms with van der Waals surface area (Å²) in [5.74, 6) is -3.73. The van der Waals surface area contributed by atoms with E-state index >= 15 is 9.59 Å². The second-order valence-corrected chi connectivity index (χ2v) is 16.8. The van der Waals surface area contributed by atoms with Crippen molar-refractivity contribution in [1.29, 1.82) is 0 Å². The minimum absolute atomic E-state index is 0.0973. The van der Waals surface area contributed by atoms with Crippen LogP contribution in [0.15, 0.2) is 83.4 Å². The van der Waals surface area contributed by atoms with Crippen LogP contribution in [0.5, 0.6) is 0 Å². The third kappa shape index (κ3) is 7.04. The zero-order valence-electron chi connectivity index (χ0n) is 29.9. The molecule has 272 valence electrons. The van der Waals surface area contributed by atoms with E-state index in [2.05, 4.69) is 42.0 Å². The maximum atomic E-state index is 15.5. The number of nitrogens with one attached hydrogen (secondary N) is 1. The minimum Gasteiger partial charge on any atom is -0.463 e. The first-order valence-corrected chi connectivity index (χ1v) is 18.5. The molecule has 4 aliphatic heterocycles. The van der Waals surface area contributed by atoms with Crippen molar-refractivity contribution in [2.75, 3.05) is 19.8 Å². The number of esters is 1. The van der Waals surface area contributed by atoms with E-state index in [-0.39, 0.29) is 30.9 Å². The molecule has 4 aliphatic rings. The molecule has 2 fully saturated rings. The molecule has 2 saturated heterocycles. The lowest BCUT2D eigenvalue weighted by Crippen LogP contribution is -2.61. The highest BCUT2D eigenvalue weighted by Crippen LogP contribution is 2.60. The van der Waals surface area contributed by atoms with Gasteiger partial charge in [0.05, 0.1) is 30.5 Å². The predicted molar refractivity (Wildman–Crippen MR) is 195 cm³/mol. The van der Waals surface area contributed by atoms with Crippen molar-refractivity contribution in [3.8, 4) is 0 Å². The van der Waals surface area contributed by atoms with Crippen molar-refractivity contribution < 1.29 is 33.8 Å². The maximum Gasteiger partial charge on any atom is 0.306 e. The topological polar surface area (TPSA) is 125 Å². The molecule has 0 radical (unpaired) electrons. The van der Waals surface area contributed by atoms with E-state index in [0.717, 1.165) is 5.56 Å². The molecule has 0 aliphatic carbocycles. The Hall–Kier alpha value is -3.80. The molecule has 1 spiro atoms. The molecular weight excluding hydrogens is 714 g/mol. The maximum absolute atomic E-state index is 15.5. The number of likely N-dealkylation sites (tertiary alicyclic amines) is 1. The Kier molecular flexibility index (Phi) is 10.4. The normalized spacial score (nSPS) is 30.1. The van der Waals surface area contributed by atoms with Gasteiger partial charge in [-0.3, -0.25) is 19.2 Å². The van der Waals surface area contributed by atoms with Gasteiger partial charge < -0.3 is 29.7 Å². The Balaban J connectivity index is 1.51. The monoisotopic (exact) mass is 761 g/mol. The van der Waals surface area contributed by atoms with Gasteiger partial charge in [-0.05, 0) is 49.3 Å². The SMILES string of the molecule is CC(C)(C)CC(C)(C)N1C/C=C\CCC(=O)OC[C@@H](c2ccccc2)NC(=O)[C@@H]2[C@H]3O[C@@]4(C=C3Br)[C@H](C1=O)N([C@H](CO)c1ccccc1)C(=O)[C@@H]24. The zero-order valence-corrected chi connectivity index (χ0v) is 31.5. The minimum atomic E-state index is -1.50. The molecule has 0 saturated carbocycles. The van der Waals surface area contributed by atoms with E-state index in [1.165, 1.54) is 4.90 Å². The smallest absolute Gasteiger partial charge is 0.306 e. The van der Waals surface area contributed by atoms with Crippen molar-refractivity contribution >= 4 is 39.6 Å². The van der Waals surface area contributed by atoms with Crippen molar-refractivity contribution in [2.24, 2.45) is 17.3 Å². The number of hydrogen-bond donors (Lipinski definition) is 2. The molecule has 0 unspecified atom stereocenters. The average Bonchev–Trinajstić information content (AvgIpc) is 3.67. The largest absolute Gasteiger partial charge is 0.463 e. The van der Waals surface area contributed by atoms with Crippen LogP contribution in [0.3, 0.4) is 0 Å². The summed E-state index contributed by atoms with van der Waals surface area (Å²) in [7, 11) is 0. The van der Waals surface area contributed by atoms with Crippen LogP contribution in [-0.2, 0) is 28.7 Å². The first-order valence-electron chi connectivity index (χ1n) is 17.7. The Morgan fingerprint density at radius 3 is 2.27 bits per heavy atom. The van der Waals surface area contributed by atoms with Crippen LogP contribution >= 0.6 is 15.9 Å². The molecule has 2 aromatic rings. The number of nitrogens with zero attached hydrogens (tertiary/aromatic N) is 2. The molecule has 5 bridgehead atoms. The van der Waals surface area contributed by atoms with Gasteiger partial charge in [0, 0.05) is 23.0 Å². The van der Waals surface area contributed by atoms with E-state index in [4.69, 9.17) is 9.47 Å². The molecule has 51 heavy (non-hydrogen) atoms. The number of fused-ring (bicyclic) bond motifs is 2. The highest BCUT2D eigenvalue weighted by Gasteiger charge is 2.75. The van der Waals surface area contributed by atoms with Gasteiger partial charge in [0.1, 0.15) is 24.4 Å². The molecule has 3 amide bonds. The molecule has 4 heterocycles. The Morgan fingerprint density at radius 2 is 1.63 bits per heavy atom.